The van der Waals surface area contributed by atoms with Crippen LogP contribution in [0, 0.1) is 0 Å². The molecule has 1 amide bonds. The van der Waals surface area contributed by atoms with Crippen LogP contribution in [0.3, 0.4) is 0 Å². The molecule has 0 bridgehead atoms. The second kappa shape index (κ2) is 6.51. The summed E-state index contributed by atoms with van der Waals surface area (Å²) in [4.78, 5) is 12.1. The van der Waals surface area contributed by atoms with E-state index >= 15 is 0 Å². The highest BCUT2D eigenvalue weighted by Gasteiger charge is 2.31. The van der Waals surface area contributed by atoms with Gasteiger partial charge in [-0.15, -0.1) is 13.2 Å². The summed E-state index contributed by atoms with van der Waals surface area (Å²) in [6.07, 6.45) is -3.97. The SMILES string of the molecule is CCc1cccc(NC(=O)c2cccc(OC(F)(F)F)c2)c1. The van der Waals surface area contributed by atoms with Crippen molar-refractivity contribution in [2.45, 2.75) is 19.7 Å². The summed E-state index contributed by atoms with van der Waals surface area (Å²) in [5.41, 5.74) is 1.72. The van der Waals surface area contributed by atoms with Crippen molar-refractivity contribution in [3.8, 4) is 5.75 Å². The largest absolute Gasteiger partial charge is 0.573 e. The van der Waals surface area contributed by atoms with Gasteiger partial charge in [-0.2, -0.15) is 0 Å². The van der Waals surface area contributed by atoms with Gasteiger partial charge in [0.1, 0.15) is 5.75 Å². The van der Waals surface area contributed by atoms with Gasteiger partial charge in [0.2, 0.25) is 0 Å². The van der Waals surface area contributed by atoms with Gasteiger partial charge in [0.05, 0.1) is 0 Å². The smallest absolute Gasteiger partial charge is 0.406 e. The Bertz CT molecular complexity index is 668. The molecule has 0 fully saturated rings. The van der Waals surface area contributed by atoms with Gasteiger partial charge in [-0.25, -0.2) is 0 Å². The van der Waals surface area contributed by atoms with Crippen LogP contribution < -0.4 is 10.1 Å². The Morgan fingerprint density at radius 1 is 1.14 bits per heavy atom. The molecule has 2 rings (SSSR count). The molecular weight excluding hydrogens is 295 g/mol. The molecule has 0 atom stereocenters. The lowest BCUT2D eigenvalue weighted by atomic mass is 10.1. The zero-order valence-corrected chi connectivity index (χ0v) is 11.8. The first kappa shape index (κ1) is 15.9. The van der Waals surface area contributed by atoms with Crippen LogP contribution in [0.25, 0.3) is 0 Å². The second-order valence-electron chi connectivity index (χ2n) is 4.58. The number of halogens is 3. The van der Waals surface area contributed by atoms with Crippen LogP contribution in [-0.4, -0.2) is 12.3 Å². The van der Waals surface area contributed by atoms with Crippen LogP contribution in [0.2, 0.25) is 0 Å². The van der Waals surface area contributed by atoms with Gasteiger partial charge in [0.15, 0.2) is 0 Å². The van der Waals surface area contributed by atoms with Gasteiger partial charge >= 0.3 is 6.36 Å². The Hall–Kier alpha value is -2.50. The van der Waals surface area contributed by atoms with Crippen LogP contribution in [0.4, 0.5) is 18.9 Å². The number of hydrogen-bond donors (Lipinski definition) is 1. The molecule has 0 aromatic heterocycles. The predicted molar refractivity (Wildman–Crippen MR) is 76.9 cm³/mol. The van der Waals surface area contributed by atoms with Gasteiger partial charge in [0.25, 0.3) is 5.91 Å². The number of benzene rings is 2. The second-order valence-corrected chi connectivity index (χ2v) is 4.58. The minimum Gasteiger partial charge on any atom is -0.406 e. The highest BCUT2D eigenvalue weighted by atomic mass is 19.4. The standard InChI is InChI=1S/C16H14F3NO2/c1-2-11-5-3-7-13(9-11)20-15(21)12-6-4-8-14(10-12)22-16(17,18)19/h3-10H,2H2,1H3,(H,20,21). The average Bonchev–Trinajstić information content (AvgIpc) is 2.46. The van der Waals surface area contributed by atoms with Crippen molar-refractivity contribution < 1.29 is 22.7 Å². The average molecular weight is 309 g/mol. The first-order valence-corrected chi connectivity index (χ1v) is 6.63. The maximum Gasteiger partial charge on any atom is 0.573 e. The Morgan fingerprint density at radius 3 is 2.55 bits per heavy atom. The minimum atomic E-state index is -4.79. The van der Waals surface area contributed by atoms with Gasteiger partial charge in [-0.1, -0.05) is 25.1 Å². The molecular formula is C16H14F3NO2. The zero-order chi connectivity index (χ0) is 16.2. The molecule has 0 spiro atoms. The quantitative estimate of drug-likeness (QED) is 0.909. The van der Waals surface area contributed by atoms with Crippen LogP contribution >= 0.6 is 0 Å². The predicted octanol–water partition coefficient (Wildman–Crippen LogP) is 4.40. The third-order valence-corrected chi connectivity index (χ3v) is 2.92. The van der Waals surface area contributed by atoms with E-state index < -0.39 is 18.0 Å². The molecule has 6 heteroatoms. The van der Waals surface area contributed by atoms with E-state index in [0.29, 0.717) is 5.69 Å². The van der Waals surface area contributed by atoms with E-state index in [2.05, 4.69) is 10.1 Å². The highest BCUT2D eigenvalue weighted by molar-refractivity contribution is 6.04. The Labute approximate surface area is 125 Å². The Balaban J connectivity index is 2.14. The highest BCUT2D eigenvalue weighted by Crippen LogP contribution is 2.23. The number of alkyl halides is 3. The van der Waals surface area contributed by atoms with E-state index in [1.807, 2.05) is 19.1 Å². The number of hydrogen-bond acceptors (Lipinski definition) is 2. The van der Waals surface area contributed by atoms with Crippen LogP contribution in [0.5, 0.6) is 5.75 Å². The van der Waals surface area contributed by atoms with Crippen LogP contribution in [0.1, 0.15) is 22.8 Å². The van der Waals surface area contributed by atoms with Crippen molar-refractivity contribution in [1.82, 2.24) is 0 Å². The summed E-state index contributed by atoms with van der Waals surface area (Å²) in [6.45, 7) is 1.99. The number of carbonyl (C=O) groups is 1. The van der Waals surface area contributed by atoms with Crippen LogP contribution in [0.15, 0.2) is 48.5 Å². The first-order chi connectivity index (χ1) is 10.4. The van der Waals surface area contributed by atoms with Crippen LogP contribution in [-0.2, 0) is 6.42 Å². The lowest BCUT2D eigenvalue weighted by molar-refractivity contribution is -0.274. The zero-order valence-electron chi connectivity index (χ0n) is 11.8. The number of nitrogens with one attached hydrogen (secondary N) is 1. The van der Waals surface area contributed by atoms with Crippen molar-refractivity contribution in [2.75, 3.05) is 5.32 Å². The summed E-state index contributed by atoms with van der Waals surface area (Å²) < 4.78 is 40.3. The van der Waals surface area contributed by atoms with E-state index in [1.165, 1.54) is 12.1 Å². The normalized spacial score (nSPS) is 11.1. The summed E-state index contributed by atoms with van der Waals surface area (Å²) in [7, 11) is 0. The van der Waals surface area contributed by atoms with Crippen molar-refractivity contribution in [3.05, 3.63) is 59.7 Å². The van der Waals surface area contributed by atoms with E-state index in [9.17, 15) is 18.0 Å². The fourth-order valence-electron chi connectivity index (χ4n) is 1.91. The van der Waals surface area contributed by atoms with E-state index in [0.717, 1.165) is 24.1 Å². The molecule has 0 heterocycles. The van der Waals surface area contributed by atoms with E-state index in [4.69, 9.17) is 0 Å². The maximum atomic E-state index is 12.2. The van der Waals surface area contributed by atoms with Crippen molar-refractivity contribution in [2.24, 2.45) is 0 Å². The van der Waals surface area contributed by atoms with E-state index in [1.54, 1.807) is 12.1 Å². The molecule has 2 aromatic carbocycles. The fourth-order valence-corrected chi connectivity index (χ4v) is 1.91. The number of amides is 1. The molecule has 0 unspecified atom stereocenters. The van der Waals surface area contributed by atoms with Gasteiger partial charge in [0, 0.05) is 11.3 Å². The van der Waals surface area contributed by atoms with Gasteiger partial charge < -0.3 is 10.1 Å². The number of aryl methyl sites for hydroxylation is 1. The van der Waals surface area contributed by atoms with E-state index in [-0.39, 0.29) is 5.56 Å². The summed E-state index contributed by atoms with van der Waals surface area (Å²) in [5.74, 6) is -0.927. The molecule has 0 aliphatic carbocycles. The maximum absolute atomic E-state index is 12.2. The fraction of sp³-hybridized carbons (Fsp3) is 0.188. The molecule has 0 radical (unpaired) electrons. The molecule has 2 aromatic rings. The number of anilines is 1. The van der Waals surface area contributed by atoms with Gasteiger partial charge in [-0.3, -0.25) is 4.79 Å². The third kappa shape index (κ3) is 4.51. The molecule has 0 saturated heterocycles. The third-order valence-electron chi connectivity index (χ3n) is 2.92. The monoisotopic (exact) mass is 309 g/mol. The minimum absolute atomic E-state index is 0.0867. The topological polar surface area (TPSA) is 38.3 Å². The van der Waals surface area contributed by atoms with Gasteiger partial charge in [-0.05, 0) is 42.3 Å². The summed E-state index contributed by atoms with van der Waals surface area (Å²) >= 11 is 0. The van der Waals surface area contributed by atoms with Crippen molar-refractivity contribution in [1.29, 1.82) is 0 Å². The molecule has 22 heavy (non-hydrogen) atoms. The Kier molecular flexibility index (Phi) is 4.70. The number of carbonyl (C=O) groups excluding carboxylic acids is 1. The lowest BCUT2D eigenvalue weighted by Crippen LogP contribution is -2.18. The molecule has 0 aliphatic rings. The van der Waals surface area contributed by atoms with Crippen molar-refractivity contribution >= 4 is 11.6 Å². The molecule has 1 N–H and O–H groups in total. The summed E-state index contributed by atoms with van der Waals surface area (Å²) in [6, 6.07) is 12.2. The number of ether oxygens (including phenoxy) is 1. The molecule has 116 valence electrons. The summed E-state index contributed by atoms with van der Waals surface area (Å²) in [5, 5.41) is 2.65. The lowest BCUT2D eigenvalue weighted by Gasteiger charge is -2.10. The molecule has 3 nitrogen and oxygen atoms in total. The Morgan fingerprint density at radius 2 is 1.86 bits per heavy atom. The molecule has 0 aliphatic heterocycles. The number of rotatable bonds is 4. The first-order valence-electron chi connectivity index (χ1n) is 6.63. The van der Waals surface area contributed by atoms with Crippen molar-refractivity contribution in [3.63, 3.8) is 0 Å². The molecule has 0 saturated carbocycles.